The summed E-state index contributed by atoms with van der Waals surface area (Å²) in [6.45, 7) is 2.33. The minimum absolute atomic E-state index is 0.0564. The van der Waals surface area contributed by atoms with Crippen molar-refractivity contribution in [1.82, 2.24) is 0 Å². The number of hydrogen-bond donors (Lipinski definition) is 2. The van der Waals surface area contributed by atoms with Crippen molar-refractivity contribution in [2.75, 3.05) is 11.5 Å². The first-order valence-electron chi connectivity index (χ1n) is 16.5. The number of phenolic OH excluding ortho intramolecular Hbond substituents is 1. The molecule has 1 aromatic rings. The summed E-state index contributed by atoms with van der Waals surface area (Å²) in [6.07, 6.45) is 10.4. The van der Waals surface area contributed by atoms with Gasteiger partial charge in [0.2, 0.25) is 0 Å². The maximum absolute atomic E-state index is 12.9. The lowest BCUT2D eigenvalue weighted by Gasteiger charge is -2.53. The number of rotatable bonds is 16. The fourth-order valence-corrected chi connectivity index (χ4v) is 9.48. The smallest absolute Gasteiger partial charge is 0.453 e. The zero-order valence-corrected chi connectivity index (χ0v) is 26.1. The molecule has 4 unspecified atom stereocenters. The van der Waals surface area contributed by atoms with E-state index in [1.165, 1.54) is 67.8 Å². The quantitative estimate of drug-likeness (QED) is 0.143. The normalized spacial score (nSPS) is 29.3. The summed E-state index contributed by atoms with van der Waals surface area (Å²) in [4.78, 5) is 0. The second-order valence-electron chi connectivity index (χ2n) is 13.7. The van der Waals surface area contributed by atoms with Crippen molar-refractivity contribution in [2.45, 2.75) is 140 Å². The van der Waals surface area contributed by atoms with Crippen molar-refractivity contribution < 1.29 is 32.2 Å². The fraction of sp³-hybridized carbons (Fsp3) is 0.824. The number of aliphatic hydroxyl groups is 1. The second-order valence-corrected chi connectivity index (χ2v) is 14.9. The summed E-state index contributed by atoms with van der Waals surface area (Å²) in [5.74, 6) is -0.615. The zero-order valence-electron chi connectivity index (χ0n) is 25.2. The van der Waals surface area contributed by atoms with Crippen molar-refractivity contribution in [3.8, 4) is 5.75 Å². The van der Waals surface area contributed by atoms with Gasteiger partial charge in [-0.3, -0.25) is 0 Å². The highest BCUT2D eigenvalue weighted by atomic mass is 32.2. The van der Waals surface area contributed by atoms with E-state index in [-0.39, 0.29) is 17.9 Å². The number of halogens is 5. The van der Waals surface area contributed by atoms with E-state index in [1.54, 1.807) is 0 Å². The number of phenols is 1. The van der Waals surface area contributed by atoms with E-state index in [0.717, 1.165) is 57.1 Å². The van der Waals surface area contributed by atoms with Gasteiger partial charge in [-0.2, -0.15) is 33.7 Å². The van der Waals surface area contributed by atoms with Crippen LogP contribution in [0.5, 0.6) is 5.75 Å². The van der Waals surface area contributed by atoms with Crippen LogP contribution in [0.1, 0.15) is 127 Å². The molecule has 0 radical (unpaired) electrons. The minimum atomic E-state index is -5.44. The third kappa shape index (κ3) is 8.17. The molecular weight excluding hydrogens is 567 g/mol. The van der Waals surface area contributed by atoms with Gasteiger partial charge >= 0.3 is 12.1 Å². The molecule has 2 N–H and O–H groups in total. The van der Waals surface area contributed by atoms with Crippen molar-refractivity contribution in [3.05, 3.63) is 29.3 Å². The first-order chi connectivity index (χ1) is 19.9. The monoisotopic (exact) mass is 618 g/mol. The van der Waals surface area contributed by atoms with Crippen LogP contribution in [-0.4, -0.2) is 39.9 Å². The lowest BCUT2D eigenvalue weighted by Crippen LogP contribution is -2.47. The van der Waals surface area contributed by atoms with Gasteiger partial charge in [0, 0.05) is 6.42 Å². The van der Waals surface area contributed by atoms with Crippen LogP contribution in [0.25, 0.3) is 0 Å². The van der Waals surface area contributed by atoms with Crippen LogP contribution >= 0.6 is 11.8 Å². The molecule has 240 valence electrons. The first-order valence-corrected chi connectivity index (χ1v) is 17.6. The molecule has 2 nitrogen and oxygen atoms in total. The highest BCUT2D eigenvalue weighted by Gasteiger charge is 2.57. The van der Waals surface area contributed by atoms with Crippen LogP contribution < -0.4 is 0 Å². The number of alkyl halides is 5. The van der Waals surface area contributed by atoms with Gasteiger partial charge in [-0.05, 0) is 115 Å². The molecule has 8 heteroatoms. The fourth-order valence-electron chi connectivity index (χ4n) is 8.52. The van der Waals surface area contributed by atoms with Gasteiger partial charge in [0.25, 0.3) is 0 Å². The standard InChI is InChI=1S/C34H51F5O2S/c1-32-19-17-28-27-14-13-26(40)23-25(27)22-24(31(28)29(32)15-16-30(32)41)12-9-7-5-3-2-4-6-8-10-20-42-21-11-18-33(35,36)34(37,38)39/h13-14,23-24,28-31,40-41H,2-12,15-22H2,1H3/t24?,28?,29?,30-,31?,32-/m0/s1. The molecule has 0 spiro atoms. The molecule has 4 rings (SSSR count). The molecule has 3 aliphatic rings. The molecule has 2 fully saturated rings. The van der Waals surface area contributed by atoms with Gasteiger partial charge in [0.1, 0.15) is 5.75 Å². The molecule has 0 aliphatic heterocycles. The summed E-state index contributed by atoms with van der Waals surface area (Å²) in [7, 11) is 0. The topological polar surface area (TPSA) is 40.5 Å². The van der Waals surface area contributed by atoms with Crippen LogP contribution in [0.2, 0.25) is 0 Å². The Kier molecular flexibility index (Phi) is 12.0. The van der Waals surface area contributed by atoms with Gasteiger partial charge in [-0.1, -0.05) is 64.4 Å². The number of unbranched alkanes of at least 4 members (excludes halogenated alkanes) is 8. The third-order valence-corrected chi connectivity index (χ3v) is 12.0. The van der Waals surface area contributed by atoms with E-state index in [0.29, 0.717) is 35.2 Å². The van der Waals surface area contributed by atoms with Crippen LogP contribution in [0.4, 0.5) is 22.0 Å². The Hall–Kier alpha value is -1.02. The van der Waals surface area contributed by atoms with E-state index in [1.807, 2.05) is 12.1 Å². The summed E-state index contributed by atoms with van der Waals surface area (Å²) in [5, 5.41) is 21.0. The molecule has 3 aliphatic carbocycles. The Morgan fingerprint density at radius 3 is 2.19 bits per heavy atom. The van der Waals surface area contributed by atoms with Gasteiger partial charge in [0.15, 0.2) is 0 Å². The number of aliphatic hydroxyl groups excluding tert-OH is 1. The minimum Gasteiger partial charge on any atom is -0.508 e. The Balaban J connectivity index is 1.08. The van der Waals surface area contributed by atoms with E-state index in [9.17, 15) is 32.2 Å². The summed E-state index contributed by atoms with van der Waals surface area (Å²) in [6, 6.07) is 6.01. The molecule has 6 atom stereocenters. The predicted octanol–water partition coefficient (Wildman–Crippen LogP) is 10.4. The van der Waals surface area contributed by atoms with Crippen LogP contribution in [0.15, 0.2) is 18.2 Å². The molecule has 0 bridgehead atoms. The average Bonchev–Trinajstić information content (AvgIpc) is 3.23. The van der Waals surface area contributed by atoms with E-state index >= 15 is 0 Å². The molecule has 2 saturated carbocycles. The largest absolute Gasteiger partial charge is 0.508 e. The van der Waals surface area contributed by atoms with Crippen molar-refractivity contribution in [3.63, 3.8) is 0 Å². The number of fused-ring (bicyclic) bond motifs is 5. The lowest BCUT2D eigenvalue weighted by atomic mass is 9.52. The summed E-state index contributed by atoms with van der Waals surface area (Å²) < 4.78 is 62.3. The molecule has 0 heterocycles. The van der Waals surface area contributed by atoms with Gasteiger partial charge < -0.3 is 10.2 Å². The average molecular weight is 619 g/mol. The number of hydrogen-bond acceptors (Lipinski definition) is 3. The zero-order chi connectivity index (χ0) is 30.4. The Morgan fingerprint density at radius 2 is 1.50 bits per heavy atom. The highest BCUT2D eigenvalue weighted by molar-refractivity contribution is 7.99. The molecule has 0 saturated heterocycles. The summed E-state index contributed by atoms with van der Waals surface area (Å²) >= 11 is 1.48. The third-order valence-electron chi connectivity index (χ3n) is 10.9. The maximum atomic E-state index is 12.9. The Morgan fingerprint density at radius 1 is 0.857 bits per heavy atom. The predicted molar refractivity (Wildman–Crippen MR) is 161 cm³/mol. The molecule has 0 amide bonds. The lowest BCUT2D eigenvalue weighted by molar-refractivity contribution is -0.284. The number of aromatic hydroxyl groups is 1. The molecular formula is C34H51F5O2S. The van der Waals surface area contributed by atoms with Crippen molar-refractivity contribution in [2.24, 2.45) is 23.2 Å². The first kappa shape index (κ1) is 33.9. The van der Waals surface area contributed by atoms with Gasteiger partial charge in [-0.15, -0.1) is 0 Å². The maximum Gasteiger partial charge on any atom is 0.453 e. The van der Waals surface area contributed by atoms with Crippen molar-refractivity contribution in [1.29, 1.82) is 0 Å². The Labute approximate surface area is 253 Å². The molecule has 42 heavy (non-hydrogen) atoms. The molecule has 0 aromatic heterocycles. The van der Waals surface area contributed by atoms with Gasteiger partial charge in [-0.25, -0.2) is 0 Å². The van der Waals surface area contributed by atoms with Gasteiger partial charge in [0.05, 0.1) is 6.10 Å². The summed E-state index contributed by atoms with van der Waals surface area (Å²) in [5.41, 5.74) is 2.84. The Bertz CT molecular complexity index is 985. The SMILES string of the molecule is C[C@]12CCC3c4ccc(O)cc4CC(CCCCCCCCCCCSCCCC(F)(F)C(F)(F)F)C3C1CC[C@@H]2O. The van der Waals surface area contributed by atoms with Crippen LogP contribution in [0, 0.1) is 23.2 Å². The van der Waals surface area contributed by atoms with E-state index < -0.39 is 18.5 Å². The number of benzene rings is 1. The molecule has 1 aromatic carbocycles. The van der Waals surface area contributed by atoms with E-state index in [4.69, 9.17) is 0 Å². The van der Waals surface area contributed by atoms with Crippen LogP contribution in [-0.2, 0) is 6.42 Å². The van der Waals surface area contributed by atoms with Crippen LogP contribution in [0.3, 0.4) is 0 Å². The van der Waals surface area contributed by atoms with E-state index in [2.05, 4.69) is 13.0 Å². The highest BCUT2D eigenvalue weighted by Crippen LogP contribution is 2.62. The number of thioether (sulfide) groups is 1. The van der Waals surface area contributed by atoms with Crippen molar-refractivity contribution >= 4 is 11.8 Å². The second kappa shape index (κ2) is 14.8.